The Morgan fingerprint density at radius 2 is 2.24 bits per heavy atom. The van der Waals surface area contributed by atoms with Crippen molar-refractivity contribution >= 4 is 11.6 Å². The van der Waals surface area contributed by atoms with Crippen molar-refractivity contribution in [3.63, 3.8) is 0 Å². The van der Waals surface area contributed by atoms with E-state index in [0.717, 1.165) is 12.8 Å². The molecule has 17 heavy (non-hydrogen) atoms. The van der Waals surface area contributed by atoms with Gasteiger partial charge in [0, 0.05) is 6.61 Å². The summed E-state index contributed by atoms with van der Waals surface area (Å²) < 4.78 is 11.4. The fourth-order valence-electron chi connectivity index (χ4n) is 2.82. The van der Waals surface area contributed by atoms with Crippen LogP contribution in [0.25, 0.3) is 0 Å². The van der Waals surface area contributed by atoms with Gasteiger partial charge in [0.05, 0.1) is 12.1 Å². The second-order valence-corrected chi connectivity index (χ2v) is 4.90. The van der Waals surface area contributed by atoms with Gasteiger partial charge < -0.3 is 9.15 Å². The zero-order valence-corrected chi connectivity index (χ0v) is 11.1. The molecule has 0 aromatic carbocycles. The van der Waals surface area contributed by atoms with Crippen LogP contribution in [0.5, 0.6) is 0 Å². The molecule has 4 heteroatoms. The van der Waals surface area contributed by atoms with Gasteiger partial charge in [-0.3, -0.25) is 0 Å². The van der Waals surface area contributed by atoms with E-state index in [2.05, 4.69) is 4.98 Å². The fraction of sp³-hybridized carbons (Fsp3) is 0.769. The molecule has 1 saturated carbocycles. The van der Waals surface area contributed by atoms with Crippen LogP contribution in [0.15, 0.2) is 16.9 Å². The fourth-order valence-corrected chi connectivity index (χ4v) is 3.23. The van der Waals surface area contributed by atoms with E-state index in [9.17, 15) is 0 Å². The normalized spacial score (nSPS) is 21.3. The maximum Gasteiger partial charge on any atom is 0.227 e. The summed E-state index contributed by atoms with van der Waals surface area (Å²) in [7, 11) is 0. The quantitative estimate of drug-likeness (QED) is 0.754. The molecule has 0 N–H and O–H groups in total. The molecule has 0 radical (unpaired) electrons. The standard InChI is InChI=1S/C13H20ClNO2/c1-2-17-13(10-14,12-15-8-9-16-12)11-6-4-3-5-7-11/h8-9,11H,2-7,10H2,1H3/t13-/m0/s1. The van der Waals surface area contributed by atoms with Gasteiger partial charge in [0.2, 0.25) is 5.89 Å². The van der Waals surface area contributed by atoms with Crippen molar-refractivity contribution in [2.45, 2.75) is 44.6 Å². The lowest BCUT2D eigenvalue weighted by molar-refractivity contribution is -0.0984. The van der Waals surface area contributed by atoms with Crippen molar-refractivity contribution in [2.75, 3.05) is 12.5 Å². The number of hydrogen-bond acceptors (Lipinski definition) is 3. The van der Waals surface area contributed by atoms with Crippen molar-refractivity contribution in [3.8, 4) is 0 Å². The Hall–Kier alpha value is -0.540. The third kappa shape index (κ3) is 2.50. The van der Waals surface area contributed by atoms with E-state index in [0.29, 0.717) is 24.3 Å². The van der Waals surface area contributed by atoms with E-state index < -0.39 is 5.60 Å². The second kappa shape index (κ2) is 5.87. The summed E-state index contributed by atoms with van der Waals surface area (Å²) in [6, 6.07) is 0. The Morgan fingerprint density at radius 1 is 1.47 bits per heavy atom. The average Bonchev–Trinajstić information content (AvgIpc) is 2.91. The van der Waals surface area contributed by atoms with Crippen LogP contribution in [0.1, 0.15) is 44.9 Å². The summed E-state index contributed by atoms with van der Waals surface area (Å²) in [6.07, 6.45) is 9.36. The topological polar surface area (TPSA) is 35.3 Å². The highest BCUT2D eigenvalue weighted by Crippen LogP contribution is 2.42. The molecule has 0 aliphatic heterocycles. The van der Waals surface area contributed by atoms with Crippen molar-refractivity contribution in [2.24, 2.45) is 5.92 Å². The number of ether oxygens (including phenoxy) is 1. The van der Waals surface area contributed by atoms with Crippen LogP contribution in [0, 0.1) is 5.92 Å². The first-order valence-electron chi connectivity index (χ1n) is 6.43. The predicted molar refractivity (Wildman–Crippen MR) is 67.1 cm³/mol. The number of aromatic nitrogens is 1. The number of nitrogens with zero attached hydrogens (tertiary/aromatic N) is 1. The van der Waals surface area contributed by atoms with E-state index in [1.54, 1.807) is 12.5 Å². The molecular weight excluding hydrogens is 238 g/mol. The predicted octanol–water partition coefficient (Wildman–Crippen LogP) is 3.73. The Morgan fingerprint density at radius 3 is 2.76 bits per heavy atom. The van der Waals surface area contributed by atoms with Crippen molar-refractivity contribution < 1.29 is 9.15 Å². The minimum atomic E-state index is -0.528. The molecule has 1 aliphatic carbocycles. The van der Waals surface area contributed by atoms with Gasteiger partial charge in [-0.05, 0) is 25.7 Å². The number of oxazole rings is 1. The number of halogens is 1. The van der Waals surface area contributed by atoms with Crippen molar-refractivity contribution in [1.29, 1.82) is 0 Å². The van der Waals surface area contributed by atoms with Crippen molar-refractivity contribution in [1.82, 2.24) is 4.98 Å². The number of hydrogen-bond donors (Lipinski definition) is 0. The van der Waals surface area contributed by atoms with Gasteiger partial charge in [0.15, 0.2) is 5.60 Å². The molecule has 0 spiro atoms. The van der Waals surface area contributed by atoms with Gasteiger partial charge in [-0.15, -0.1) is 11.6 Å². The molecule has 3 nitrogen and oxygen atoms in total. The SMILES string of the molecule is CCO[C@](CCl)(c1ncco1)C1CCCCC1. The molecule has 1 atom stereocenters. The maximum absolute atomic E-state index is 6.20. The monoisotopic (exact) mass is 257 g/mol. The number of rotatable bonds is 5. The van der Waals surface area contributed by atoms with Crippen LogP contribution >= 0.6 is 11.6 Å². The molecule has 1 fully saturated rings. The molecule has 2 rings (SSSR count). The van der Waals surface area contributed by atoms with E-state index >= 15 is 0 Å². The van der Waals surface area contributed by atoms with Gasteiger partial charge in [-0.25, -0.2) is 4.98 Å². The minimum Gasteiger partial charge on any atom is -0.446 e. The first-order chi connectivity index (χ1) is 8.33. The highest BCUT2D eigenvalue weighted by molar-refractivity contribution is 6.18. The molecule has 0 amide bonds. The molecule has 0 saturated heterocycles. The summed E-state index contributed by atoms with van der Waals surface area (Å²) in [5.41, 5.74) is -0.528. The van der Waals surface area contributed by atoms with E-state index in [1.165, 1.54) is 19.3 Å². The van der Waals surface area contributed by atoms with E-state index in [1.807, 2.05) is 6.92 Å². The van der Waals surface area contributed by atoms with Crippen LogP contribution in [0.3, 0.4) is 0 Å². The van der Waals surface area contributed by atoms with Gasteiger partial charge in [-0.2, -0.15) is 0 Å². The summed E-state index contributed by atoms with van der Waals surface area (Å²) in [5.74, 6) is 1.47. The Bertz CT molecular complexity index is 322. The van der Waals surface area contributed by atoms with E-state index in [-0.39, 0.29) is 0 Å². The number of alkyl halides is 1. The maximum atomic E-state index is 6.20. The summed E-state index contributed by atoms with van der Waals surface area (Å²) in [5, 5.41) is 0. The zero-order valence-electron chi connectivity index (χ0n) is 10.3. The highest BCUT2D eigenvalue weighted by Gasteiger charge is 2.44. The average molecular weight is 258 g/mol. The molecular formula is C13H20ClNO2. The Kier molecular flexibility index (Phi) is 4.46. The van der Waals surface area contributed by atoms with Crippen molar-refractivity contribution in [3.05, 3.63) is 18.4 Å². The first-order valence-corrected chi connectivity index (χ1v) is 6.97. The molecule has 1 aromatic rings. The zero-order chi connectivity index (χ0) is 12.1. The van der Waals surface area contributed by atoms with Gasteiger partial charge in [-0.1, -0.05) is 19.3 Å². The van der Waals surface area contributed by atoms with Gasteiger partial charge in [0.25, 0.3) is 0 Å². The van der Waals surface area contributed by atoms with Crippen LogP contribution in [0.4, 0.5) is 0 Å². The second-order valence-electron chi connectivity index (χ2n) is 4.63. The lowest BCUT2D eigenvalue weighted by Gasteiger charge is -2.38. The van der Waals surface area contributed by atoms with Gasteiger partial charge >= 0.3 is 0 Å². The highest BCUT2D eigenvalue weighted by atomic mass is 35.5. The van der Waals surface area contributed by atoms with Gasteiger partial charge in [0.1, 0.15) is 6.26 Å². The lowest BCUT2D eigenvalue weighted by Crippen LogP contribution is -2.41. The molecule has 96 valence electrons. The van der Waals surface area contributed by atoms with E-state index in [4.69, 9.17) is 20.8 Å². The van der Waals surface area contributed by atoms with Crippen LogP contribution < -0.4 is 0 Å². The Balaban J connectivity index is 2.27. The third-order valence-electron chi connectivity index (χ3n) is 3.66. The molecule has 0 bridgehead atoms. The molecule has 1 heterocycles. The lowest BCUT2D eigenvalue weighted by atomic mass is 9.77. The van der Waals surface area contributed by atoms with Crippen LogP contribution in [-0.4, -0.2) is 17.5 Å². The molecule has 0 unspecified atom stereocenters. The largest absolute Gasteiger partial charge is 0.446 e. The Labute approximate surface area is 108 Å². The molecule has 1 aromatic heterocycles. The first kappa shape index (κ1) is 12.9. The summed E-state index contributed by atoms with van der Waals surface area (Å²) in [4.78, 5) is 4.28. The third-order valence-corrected chi connectivity index (χ3v) is 4.06. The smallest absolute Gasteiger partial charge is 0.227 e. The van der Waals surface area contributed by atoms with Crippen LogP contribution in [-0.2, 0) is 10.3 Å². The summed E-state index contributed by atoms with van der Waals surface area (Å²) in [6.45, 7) is 2.62. The van der Waals surface area contributed by atoms with Crippen LogP contribution in [0.2, 0.25) is 0 Å². The summed E-state index contributed by atoms with van der Waals surface area (Å²) >= 11 is 6.20. The molecule has 1 aliphatic rings. The minimum absolute atomic E-state index is 0.409.